The second-order valence-corrected chi connectivity index (χ2v) is 9.26. The van der Waals surface area contributed by atoms with Crippen molar-refractivity contribution in [2.24, 2.45) is 0 Å². The van der Waals surface area contributed by atoms with Crippen LogP contribution in [0, 0.1) is 0 Å². The minimum Gasteiger partial charge on any atom is -0.443 e. The number of hydrogen-bond donors (Lipinski definition) is 1. The van der Waals surface area contributed by atoms with E-state index in [1.54, 1.807) is 42.3 Å². The SMILES string of the molecule is CCN(C)C(=O)c1ccc2ocnc2c1.O=C(NCc1ccccc1)c1ccc2nc(C3CCCO3)oc2c1.[HH]. The normalized spacial score (nSPS) is 14.7. The Morgan fingerprint density at radius 2 is 1.85 bits per heavy atom. The molecule has 5 aromatic rings. The predicted octanol–water partition coefficient (Wildman–Crippen LogP) is 5.78. The van der Waals surface area contributed by atoms with Gasteiger partial charge >= 0.3 is 0 Å². The van der Waals surface area contributed by atoms with Crippen LogP contribution in [-0.2, 0) is 11.3 Å². The van der Waals surface area contributed by atoms with Crippen LogP contribution in [0.4, 0.5) is 0 Å². The molecule has 2 amide bonds. The number of carbonyl (C=O) groups is 2. The van der Waals surface area contributed by atoms with Crippen LogP contribution in [0.1, 0.15) is 59.5 Å². The molecule has 6 rings (SSSR count). The number of rotatable bonds is 6. The molecule has 0 aliphatic carbocycles. The molecule has 1 unspecified atom stereocenters. The quantitative estimate of drug-likeness (QED) is 0.298. The second-order valence-electron chi connectivity index (χ2n) is 9.26. The van der Waals surface area contributed by atoms with E-state index in [-0.39, 0.29) is 19.3 Å². The van der Waals surface area contributed by atoms with Crippen molar-refractivity contribution in [3.05, 3.63) is 95.7 Å². The number of nitrogens with one attached hydrogen (secondary N) is 1. The molecule has 1 aliphatic heterocycles. The van der Waals surface area contributed by atoms with Crippen molar-refractivity contribution in [1.29, 1.82) is 0 Å². The molecule has 3 aromatic carbocycles. The molecular formula is C30H32N4O5. The first-order valence-electron chi connectivity index (χ1n) is 12.9. The maximum absolute atomic E-state index is 12.3. The largest absolute Gasteiger partial charge is 0.443 e. The van der Waals surface area contributed by atoms with Crippen LogP contribution in [0.5, 0.6) is 0 Å². The molecule has 1 atom stereocenters. The second kappa shape index (κ2) is 11.9. The van der Waals surface area contributed by atoms with Gasteiger partial charge < -0.3 is 23.8 Å². The van der Waals surface area contributed by atoms with Crippen molar-refractivity contribution >= 4 is 34.0 Å². The summed E-state index contributed by atoms with van der Waals surface area (Å²) in [6, 6.07) is 20.4. The molecule has 0 saturated carbocycles. The summed E-state index contributed by atoms with van der Waals surface area (Å²) in [7, 11) is 1.77. The van der Waals surface area contributed by atoms with Gasteiger partial charge in [0.1, 0.15) is 17.1 Å². The lowest BCUT2D eigenvalue weighted by molar-refractivity contribution is 0.0802. The zero-order valence-corrected chi connectivity index (χ0v) is 21.9. The first-order valence-corrected chi connectivity index (χ1v) is 12.9. The van der Waals surface area contributed by atoms with Crippen LogP contribution in [0.3, 0.4) is 0 Å². The van der Waals surface area contributed by atoms with Gasteiger partial charge in [-0.1, -0.05) is 30.3 Å². The van der Waals surface area contributed by atoms with E-state index < -0.39 is 0 Å². The number of aromatic nitrogens is 2. The standard InChI is InChI=1S/C19H18N2O3.C11H12N2O2.H2/c22-18(20-12-13-5-2-1-3-6-13)14-8-9-15-17(11-14)24-19(21-15)16-7-4-10-23-16;1-3-13(2)11(14)8-4-5-10-9(6-8)12-7-15-10;/h1-3,5-6,8-9,11,16H,4,7,10,12H2,(H,20,22);4-7H,3H2,1-2H3;1H. The number of benzene rings is 3. The smallest absolute Gasteiger partial charge is 0.253 e. The lowest BCUT2D eigenvalue weighted by atomic mass is 10.2. The fourth-order valence-electron chi connectivity index (χ4n) is 4.23. The van der Waals surface area contributed by atoms with Gasteiger partial charge in [-0.2, -0.15) is 0 Å². The van der Waals surface area contributed by atoms with Crippen molar-refractivity contribution in [2.45, 2.75) is 32.4 Å². The summed E-state index contributed by atoms with van der Waals surface area (Å²) < 4.78 is 16.5. The van der Waals surface area contributed by atoms with Crippen molar-refractivity contribution in [2.75, 3.05) is 20.2 Å². The lowest BCUT2D eigenvalue weighted by Gasteiger charge is -2.13. The Balaban J connectivity index is 0.000000200. The van der Waals surface area contributed by atoms with Crippen LogP contribution in [0.2, 0.25) is 0 Å². The minimum absolute atomic E-state index is 0. The maximum Gasteiger partial charge on any atom is 0.253 e. The number of amides is 2. The van der Waals surface area contributed by atoms with E-state index in [9.17, 15) is 9.59 Å². The monoisotopic (exact) mass is 528 g/mol. The highest BCUT2D eigenvalue weighted by Crippen LogP contribution is 2.30. The van der Waals surface area contributed by atoms with Crippen molar-refractivity contribution < 1.29 is 24.6 Å². The van der Waals surface area contributed by atoms with Crippen LogP contribution in [0.25, 0.3) is 22.2 Å². The van der Waals surface area contributed by atoms with E-state index in [0.29, 0.717) is 46.8 Å². The molecular weight excluding hydrogens is 496 g/mol. The van der Waals surface area contributed by atoms with Gasteiger partial charge in [-0.3, -0.25) is 9.59 Å². The highest BCUT2D eigenvalue weighted by Gasteiger charge is 2.23. The Kier molecular flexibility index (Phi) is 7.98. The van der Waals surface area contributed by atoms with E-state index in [1.807, 2.05) is 43.3 Å². The highest BCUT2D eigenvalue weighted by molar-refractivity contribution is 5.97. The number of oxazole rings is 2. The molecule has 39 heavy (non-hydrogen) atoms. The molecule has 1 saturated heterocycles. The molecule has 202 valence electrons. The Morgan fingerprint density at radius 3 is 2.62 bits per heavy atom. The average Bonchev–Trinajstić information content (AvgIpc) is 3.76. The number of ether oxygens (including phenoxy) is 1. The minimum atomic E-state index is -0.129. The van der Waals surface area contributed by atoms with Gasteiger partial charge in [0.2, 0.25) is 5.89 Å². The molecule has 1 fully saturated rings. The van der Waals surface area contributed by atoms with Gasteiger partial charge in [0.15, 0.2) is 17.6 Å². The molecule has 0 spiro atoms. The summed E-state index contributed by atoms with van der Waals surface area (Å²) in [6.45, 7) is 3.87. The van der Waals surface area contributed by atoms with Gasteiger partial charge in [-0.25, -0.2) is 9.97 Å². The topological polar surface area (TPSA) is 111 Å². The fraction of sp³-hybridized carbons (Fsp3) is 0.267. The number of hydrogen-bond acceptors (Lipinski definition) is 7. The van der Waals surface area contributed by atoms with Crippen LogP contribution in [-0.4, -0.2) is 46.9 Å². The van der Waals surface area contributed by atoms with E-state index >= 15 is 0 Å². The number of nitrogens with zero attached hydrogens (tertiary/aromatic N) is 3. The average molecular weight is 529 g/mol. The fourth-order valence-corrected chi connectivity index (χ4v) is 4.23. The molecule has 1 N–H and O–H groups in total. The van der Waals surface area contributed by atoms with Crippen molar-refractivity contribution in [3.63, 3.8) is 0 Å². The van der Waals surface area contributed by atoms with Crippen molar-refractivity contribution in [3.8, 4) is 0 Å². The summed E-state index contributed by atoms with van der Waals surface area (Å²) in [5.74, 6) is 0.475. The summed E-state index contributed by atoms with van der Waals surface area (Å²) in [5, 5.41) is 2.92. The Bertz CT molecular complexity index is 1580. The third-order valence-electron chi connectivity index (χ3n) is 6.57. The van der Waals surface area contributed by atoms with E-state index in [1.165, 1.54) is 6.39 Å². The molecule has 0 radical (unpaired) electrons. The predicted molar refractivity (Wildman–Crippen MR) is 148 cm³/mol. The van der Waals surface area contributed by atoms with E-state index in [4.69, 9.17) is 13.6 Å². The summed E-state index contributed by atoms with van der Waals surface area (Å²) in [5.41, 5.74) is 5.05. The van der Waals surface area contributed by atoms with Gasteiger partial charge in [0, 0.05) is 39.3 Å². The number of fused-ring (bicyclic) bond motifs is 2. The molecule has 9 nitrogen and oxygen atoms in total. The van der Waals surface area contributed by atoms with Crippen LogP contribution < -0.4 is 5.32 Å². The Morgan fingerprint density at radius 1 is 1.03 bits per heavy atom. The molecule has 3 heterocycles. The van der Waals surface area contributed by atoms with Gasteiger partial charge in [0.05, 0.1) is 0 Å². The maximum atomic E-state index is 12.3. The Hall–Kier alpha value is -4.50. The van der Waals surface area contributed by atoms with Gasteiger partial charge in [-0.05, 0) is 61.7 Å². The van der Waals surface area contributed by atoms with Gasteiger partial charge in [-0.15, -0.1) is 0 Å². The highest BCUT2D eigenvalue weighted by atomic mass is 16.5. The third-order valence-corrected chi connectivity index (χ3v) is 6.57. The molecule has 1 aliphatic rings. The molecule has 9 heteroatoms. The summed E-state index contributed by atoms with van der Waals surface area (Å²) in [4.78, 5) is 34.3. The van der Waals surface area contributed by atoms with Crippen LogP contribution in [0.15, 0.2) is 82.0 Å². The zero-order chi connectivity index (χ0) is 27.2. The Labute approximate surface area is 227 Å². The van der Waals surface area contributed by atoms with Gasteiger partial charge in [0.25, 0.3) is 11.8 Å². The first kappa shape index (κ1) is 26.1. The summed E-state index contributed by atoms with van der Waals surface area (Å²) in [6.07, 6.45) is 3.27. The van der Waals surface area contributed by atoms with Crippen molar-refractivity contribution in [1.82, 2.24) is 20.2 Å². The lowest BCUT2D eigenvalue weighted by Crippen LogP contribution is -2.26. The molecule has 0 bridgehead atoms. The number of carbonyl (C=O) groups excluding carboxylic acids is 2. The summed E-state index contributed by atoms with van der Waals surface area (Å²) >= 11 is 0. The van der Waals surface area contributed by atoms with E-state index in [2.05, 4.69) is 15.3 Å². The first-order chi connectivity index (χ1) is 19.0. The van der Waals surface area contributed by atoms with E-state index in [0.717, 1.165) is 30.5 Å². The molecule has 2 aromatic heterocycles. The third kappa shape index (κ3) is 6.15. The zero-order valence-electron chi connectivity index (χ0n) is 21.9. The van der Waals surface area contributed by atoms with Crippen LogP contribution >= 0.6 is 0 Å².